The largest absolute Gasteiger partial charge is 0.272 e. The van der Waals surface area contributed by atoms with Gasteiger partial charge in [-0.2, -0.15) is 5.10 Å². The molecule has 11 heavy (non-hydrogen) atoms. The van der Waals surface area contributed by atoms with Gasteiger partial charge < -0.3 is 0 Å². The SMILES string of the molecule is C#CCCCn1cc(I)cn1. The summed E-state index contributed by atoms with van der Waals surface area (Å²) in [6, 6.07) is 0. The van der Waals surface area contributed by atoms with Crippen LogP contribution in [0.5, 0.6) is 0 Å². The molecule has 0 amide bonds. The lowest BCUT2D eigenvalue weighted by molar-refractivity contribution is 0.587. The highest BCUT2D eigenvalue weighted by molar-refractivity contribution is 14.1. The van der Waals surface area contributed by atoms with E-state index in [4.69, 9.17) is 6.42 Å². The van der Waals surface area contributed by atoms with E-state index in [1.807, 2.05) is 17.1 Å². The molecule has 0 fully saturated rings. The molecule has 0 aliphatic carbocycles. The minimum atomic E-state index is 0.830. The molecule has 1 rings (SSSR count). The minimum Gasteiger partial charge on any atom is -0.272 e. The van der Waals surface area contributed by atoms with Crippen molar-refractivity contribution >= 4 is 22.6 Å². The number of terminal acetylenes is 1. The molecule has 0 aliphatic heterocycles. The van der Waals surface area contributed by atoms with Gasteiger partial charge in [0.25, 0.3) is 0 Å². The van der Waals surface area contributed by atoms with Gasteiger partial charge in [-0.05, 0) is 29.0 Å². The first-order valence-corrected chi connectivity index (χ1v) is 4.52. The van der Waals surface area contributed by atoms with Crippen molar-refractivity contribution in [2.45, 2.75) is 19.4 Å². The average molecular weight is 260 g/mol. The Bertz CT molecular complexity index is 259. The van der Waals surface area contributed by atoms with Crippen LogP contribution in [-0.2, 0) is 6.54 Å². The molecule has 58 valence electrons. The third kappa shape index (κ3) is 2.93. The molecule has 0 N–H and O–H groups in total. The number of hydrogen-bond donors (Lipinski definition) is 0. The molecule has 1 heterocycles. The molecule has 0 radical (unpaired) electrons. The van der Waals surface area contributed by atoms with E-state index in [9.17, 15) is 0 Å². The second-order valence-electron chi connectivity index (χ2n) is 2.23. The van der Waals surface area contributed by atoms with E-state index in [2.05, 4.69) is 33.6 Å². The van der Waals surface area contributed by atoms with Crippen LogP contribution >= 0.6 is 22.6 Å². The third-order valence-corrected chi connectivity index (χ3v) is 1.87. The molecular formula is C8H9IN2. The molecule has 0 aromatic carbocycles. The van der Waals surface area contributed by atoms with Crippen molar-refractivity contribution < 1.29 is 0 Å². The molecule has 0 atom stereocenters. The molecule has 1 aromatic rings. The van der Waals surface area contributed by atoms with Crippen LogP contribution in [0.1, 0.15) is 12.8 Å². The summed E-state index contributed by atoms with van der Waals surface area (Å²) in [4.78, 5) is 0. The monoisotopic (exact) mass is 260 g/mol. The van der Waals surface area contributed by atoms with Crippen molar-refractivity contribution in [3.05, 3.63) is 16.0 Å². The molecule has 2 nitrogen and oxygen atoms in total. The summed E-state index contributed by atoms with van der Waals surface area (Å²) in [6.45, 7) is 0.924. The number of aromatic nitrogens is 2. The van der Waals surface area contributed by atoms with Gasteiger partial charge in [-0.1, -0.05) is 0 Å². The first-order chi connectivity index (χ1) is 5.33. The van der Waals surface area contributed by atoms with Gasteiger partial charge in [-0.3, -0.25) is 4.68 Å². The fourth-order valence-electron chi connectivity index (χ4n) is 0.804. The third-order valence-electron chi connectivity index (χ3n) is 1.31. The van der Waals surface area contributed by atoms with Gasteiger partial charge in [0.05, 0.1) is 9.77 Å². The van der Waals surface area contributed by atoms with Gasteiger partial charge in [-0.25, -0.2) is 0 Å². The van der Waals surface area contributed by atoms with Crippen LogP contribution in [0.4, 0.5) is 0 Å². The molecule has 3 heteroatoms. The molecule has 1 aromatic heterocycles. The summed E-state index contributed by atoms with van der Waals surface area (Å²) in [5.41, 5.74) is 0. The predicted molar refractivity (Wildman–Crippen MR) is 53.0 cm³/mol. The average Bonchev–Trinajstić information content (AvgIpc) is 2.37. The number of rotatable bonds is 3. The lowest BCUT2D eigenvalue weighted by Gasteiger charge is -1.95. The highest BCUT2D eigenvalue weighted by Crippen LogP contribution is 2.02. The first-order valence-electron chi connectivity index (χ1n) is 3.44. The molecule has 0 saturated carbocycles. The molecule has 0 bridgehead atoms. The zero-order valence-electron chi connectivity index (χ0n) is 6.13. The number of hydrogen-bond acceptors (Lipinski definition) is 1. The topological polar surface area (TPSA) is 17.8 Å². The van der Waals surface area contributed by atoms with Crippen molar-refractivity contribution in [3.8, 4) is 12.3 Å². The highest BCUT2D eigenvalue weighted by atomic mass is 127. The van der Waals surface area contributed by atoms with E-state index in [0.717, 1.165) is 19.4 Å². The zero-order chi connectivity index (χ0) is 8.10. The van der Waals surface area contributed by atoms with Crippen LogP contribution in [-0.4, -0.2) is 9.78 Å². The van der Waals surface area contributed by atoms with Crippen LogP contribution in [0.25, 0.3) is 0 Å². The maximum Gasteiger partial charge on any atom is 0.0623 e. The van der Waals surface area contributed by atoms with Crippen molar-refractivity contribution in [1.29, 1.82) is 0 Å². The Morgan fingerprint density at radius 1 is 1.73 bits per heavy atom. The van der Waals surface area contributed by atoms with E-state index < -0.39 is 0 Å². The maximum atomic E-state index is 5.12. The van der Waals surface area contributed by atoms with Gasteiger partial charge in [0.1, 0.15) is 0 Å². The number of unbranched alkanes of at least 4 members (excludes halogenated alkanes) is 1. The Hall–Kier alpha value is -0.500. The quantitative estimate of drug-likeness (QED) is 0.461. The van der Waals surface area contributed by atoms with Crippen LogP contribution in [0.15, 0.2) is 12.4 Å². The number of halogens is 1. The Kier molecular flexibility index (Phi) is 3.43. The number of aryl methyl sites for hydroxylation is 1. The molecule has 0 spiro atoms. The highest BCUT2D eigenvalue weighted by Gasteiger charge is 1.92. The first kappa shape index (κ1) is 8.60. The molecule has 0 aliphatic rings. The van der Waals surface area contributed by atoms with Crippen LogP contribution in [0.2, 0.25) is 0 Å². The fourth-order valence-corrected chi connectivity index (χ4v) is 1.25. The van der Waals surface area contributed by atoms with Crippen molar-refractivity contribution in [1.82, 2.24) is 9.78 Å². The Balaban J connectivity index is 2.34. The van der Waals surface area contributed by atoms with Crippen molar-refractivity contribution in [2.75, 3.05) is 0 Å². The maximum absolute atomic E-state index is 5.12. The van der Waals surface area contributed by atoms with E-state index in [1.165, 1.54) is 3.57 Å². The number of nitrogens with zero attached hydrogens (tertiary/aromatic N) is 2. The smallest absolute Gasteiger partial charge is 0.0623 e. The Labute approximate surface area is 80.1 Å². The summed E-state index contributed by atoms with van der Waals surface area (Å²) in [5, 5.41) is 4.13. The predicted octanol–water partition coefficient (Wildman–Crippen LogP) is 1.90. The second kappa shape index (κ2) is 4.39. The van der Waals surface area contributed by atoms with E-state index >= 15 is 0 Å². The van der Waals surface area contributed by atoms with Crippen molar-refractivity contribution in [2.24, 2.45) is 0 Å². The summed E-state index contributed by atoms with van der Waals surface area (Å²) >= 11 is 2.24. The normalized spacial score (nSPS) is 9.45. The van der Waals surface area contributed by atoms with Gasteiger partial charge in [-0.15, -0.1) is 12.3 Å². The molecule has 0 unspecified atom stereocenters. The zero-order valence-corrected chi connectivity index (χ0v) is 8.28. The molecule has 0 saturated heterocycles. The van der Waals surface area contributed by atoms with Crippen LogP contribution in [0, 0.1) is 15.9 Å². The summed E-state index contributed by atoms with van der Waals surface area (Å²) in [6.07, 6.45) is 10.8. The van der Waals surface area contributed by atoms with E-state index in [-0.39, 0.29) is 0 Å². The summed E-state index contributed by atoms with van der Waals surface area (Å²) in [5.74, 6) is 2.60. The van der Waals surface area contributed by atoms with E-state index in [1.54, 1.807) is 0 Å². The fraction of sp³-hybridized carbons (Fsp3) is 0.375. The van der Waals surface area contributed by atoms with Gasteiger partial charge in [0, 0.05) is 19.2 Å². The van der Waals surface area contributed by atoms with Gasteiger partial charge >= 0.3 is 0 Å². The van der Waals surface area contributed by atoms with Crippen LogP contribution in [0.3, 0.4) is 0 Å². The molecular weight excluding hydrogens is 251 g/mol. The van der Waals surface area contributed by atoms with Gasteiger partial charge in [0.15, 0.2) is 0 Å². The lowest BCUT2D eigenvalue weighted by Crippen LogP contribution is -1.97. The van der Waals surface area contributed by atoms with E-state index in [0.29, 0.717) is 0 Å². The Morgan fingerprint density at radius 2 is 2.55 bits per heavy atom. The lowest BCUT2D eigenvalue weighted by atomic mass is 10.3. The summed E-state index contributed by atoms with van der Waals surface area (Å²) < 4.78 is 3.09. The standard InChI is InChI=1S/C8H9IN2/c1-2-3-4-5-11-7-8(9)6-10-11/h1,6-7H,3-5H2. The minimum absolute atomic E-state index is 0.830. The van der Waals surface area contributed by atoms with Crippen molar-refractivity contribution in [3.63, 3.8) is 0 Å². The second-order valence-corrected chi connectivity index (χ2v) is 3.47. The summed E-state index contributed by atoms with van der Waals surface area (Å²) in [7, 11) is 0. The Morgan fingerprint density at radius 3 is 3.09 bits per heavy atom. The van der Waals surface area contributed by atoms with Crippen LogP contribution < -0.4 is 0 Å². The van der Waals surface area contributed by atoms with Gasteiger partial charge in [0.2, 0.25) is 0 Å².